The zero-order valence-electron chi connectivity index (χ0n) is 9.24. The quantitative estimate of drug-likeness (QED) is 0.777. The highest BCUT2D eigenvalue weighted by molar-refractivity contribution is 9.10. The van der Waals surface area contributed by atoms with Crippen molar-refractivity contribution in [1.29, 1.82) is 5.26 Å². The van der Waals surface area contributed by atoms with Gasteiger partial charge in [-0.25, -0.2) is 0 Å². The van der Waals surface area contributed by atoms with Crippen LogP contribution in [-0.2, 0) is 11.2 Å². The van der Waals surface area contributed by atoms with Crippen LogP contribution in [0.5, 0.6) is 0 Å². The third-order valence-corrected chi connectivity index (χ3v) is 3.22. The normalized spacial score (nSPS) is 11.8. The van der Waals surface area contributed by atoms with Crippen molar-refractivity contribution in [2.45, 2.75) is 31.0 Å². The number of nitriles is 1. The minimum Gasteiger partial charge on any atom is -0.298 e. The van der Waals surface area contributed by atoms with Gasteiger partial charge in [0.25, 0.3) is 0 Å². The number of alkyl halides is 1. The number of halogens is 1. The fraction of sp³-hybridized carbons (Fsp3) is 0.385. The summed E-state index contributed by atoms with van der Waals surface area (Å²) in [5.74, 6) is 0.204. The minimum absolute atomic E-state index is 0.179. The van der Waals surface area contributed by atoms with E-state index in [9.17, 15) is 4.79 Å². The molecule has 0 radical (unpaired) electrons. The molecule has 0 saturated heterocycles. The van der Waals surface area contributed by atoms with E-state index in [1.54, 1.807) is 6.07 Å². The number of carbonyl (C=O) groups is 1. The van der Waals surface area contributed by atoms with E-state index < -0.39 is 0 Å². The Labute approximate surface area is 104 Å². The largest absolute Gasteiger partial charge is 0.298 e. The Balaban J connectivity index is 2.73. The number of Topliss-reactive ketones (excluding diaryl/α,β-unsaturated/α-hetero) is 1. The molecule has 0 amide bonds. The van der Waals surface area contributed by atoms with Crippen LogP contribution in [0.15, 0.2) is 24.3 Å². The maximum Gasteiger partial charge on any atom is 0.146 e. The van der Waals surface area contributed by atoms with Crippen molar-refractivity contribution in [3.63, 3.8) is 0 Å². The Hall–Kier alpha value is -1.14. The third-order valence-electron chi connectivity index (χ3n) is 2.38. The van der Waals surface area contributed by atoms with E-state index in [2.05, 4.69) is 22.0 Å². The highest BCUT2D eigenvalue weighted by atomic mass is 79.9. The first-order chi connectivity index (χ1) is 7.69. The summed E-state index contributed by atoms with van der Waals surface area (Å²) in [5, 5.41) is 8.92. The highest BCUT2D eigenvalue weighted by Crippen LogP contribution is 2.16. The van der Waals surface area contributed by atoms with Crippen LogP contribution in [0.2, 0.25) is 0 Å². The van der Waals surface area contributed by atoms with Crippen molar-refractivity contribution >= 4 is 21.7 Å². The van der Waals surface area contributed by atoms with E-state index in [0.29, 0.717) is 18.4 Å². The molecule has 0 heterocycles. The molecule has 1 rings (SSSR count). The molecular formula is C13H14BrNO. The molecule has 1 atom stereocenters. The molecule has 0 aromatic heterocycles. The molecule has 0 fully saturated rings. The van der Waals surface area contributed by atoms with E-state index in [-0.39, 0.29) is 10.6 Å². The van der Waals surface area contributed by atoms with Gasteiger partial charge in [0.15, 0.2) is 0 Å². The van der Waals surface area contributed by atoms with Crippen molar-refractivity contribution in [1.82, 2.24) is 0 Å². The first-order valence-corrected chi connectivity index (χ1v) is 6.25. The molecule has 1 aromatic rings. The summed E-state index contributed by atoms with van der Waals surface area (Å²) in [5.41, 5.74) is 1.58. The first-order valence-electron chi connectivity index (χ1n) is 5.33. The summed E-state index contributed by atoms with van der Waals surface area (Å²) in [6.45, 7) is 1.99. The molecule has 1 unspecified atom stereocenters. The van der Waals surface area contributed by atoms with Gasteiger partial charge in [0.1, 0.15) is 5.78 Å². The second-order valence-corrected chi connectivity index (χ2v) is 4.76. The molecule has 0 saturated carbocycles. The number of hydrogen-bond acceptors (Lipinski definition) is 2. The first kappa shape index (κ1) is 12.9. The van der Waals surface area contributed by atoms with Crippen molar-refractivity contribution in [2.75, 3.05) is 0 Å². The summed E-state index contributed by atoms with van der Waals surface area (Å²) < 4.78 is 0. The average molecular weight is 280 g/mol. The monoisotopic (exact) mass is 279 g/mol. The van der Waals surface area contributed by atoms with Crippen LogP contribution in [0.25, 0.3) is 0 Å². The third kappa shape index (κ3) is 3.46. The van der Waals surface area contributed by atoms with Gasteiger partial charge >= 0.3 is 0 Å². The minimum atomic E-state index is -0.179. The van der Waals surface area contributed by atoms with E-state index in [0.717, 1.165) is 12.0 Å². The van der Waals surface area contributed by atoms with Gasteiger partial charge in [-0.3, -0.25) is 4.79 Å². The van der Waals surface area contributed by atoms with E-state index in [1.807, 2.05) is 25.1 Å². The molecule has 0 aliphatic heterocycles. The summed E-state index contributed by atoms with van der Waals surface area (Å²) in [6.07, 6.45) is 2.04. The van der Waals surface area contributed by atoms with E-state index >= 15 is 0 Å². The van der Waals surface area contributed by atoms with Crippen molar-refractivity contribution in [3.05, 3.63) is 35.4 Å². The molecule has 3 heteroatoms. The Morgan fingerprint density at radius 1 is 1.50 bits per heavy atom. The second-order valence-electron chi connectivity index (χ2n) is 3.66. The lowest BCUT2D eigenvalue weighted by Gasteiger charge is -2.09. The van der Waals surface area contributed by atoms with Crippen LogP contribution in [0, 0.1) is 11.3 Å². The average Bonchev–Trinajstić information content (AvgIpc) is 2.30. The van der Waals surface area contributed by atoms with Gasteiger partial charge in [0, 0.05) is 6.42 Å². The van der Waals surface area contributed by atoms with Gasteiger partial charge in [-0.1, -0.05) is 41.1 Å². The number of benzene rings is 1. The van der Waals surface area contributed by atoms with Crippen LogP contribution in [0.3, 0.4) is 0 Å². The van der Waals surface area contributed by atoms with Crippen molar-refractivity contribution < 1.29 is 4.79 Å². The predicted molar refractivity (Wildman–Crippen MR) is 67.5 cm³/mol. The zero-order chi connectivity index (χ0) is 12.0. The predicted octanol–water partition coefficient (Wildman–Crippen LogP) is 3.23. The van der Waals surface area contributed by atoms with Crippen LogP contribution in [0.4, 0.5) is 0 Å². The molecule has 0 aliphatic rings. The summed E-state index contributed by atoms with van der Waals surface area (Å²) in [7, 11) is 0. The van der Waals surface area contributed by atoms with Gasteiger partial charge < -0.3 is 0 Å². The molecule has 0 aliphatic carbocycles. The van der Waals surface area contributed by atoms with E-state index in [4.69, 9.17) is 5.26 Å². The molecule has 16 heavy (non-hydrogen) atoms. The maximum atomic E-state index is 11.6. The molecule has 0 bridgehead atoms. The SMILES string of the molecule is CCCC(=O)C(Br)Cc1ccccc1C#N. The molecule has 84 valence electrons. The number of carbonyl (C=O) groups excluding carboxylic acids is 1. The second kappa shape index (κ2) is 6.44. The lowest BCUT2D eigenvalue weighted by atomic mass is 10.0. The fourth-order valence-corrected chi connectivity index (χ4v) is 2.10. The Morgan fingerprint density at radius 3 is 2.81 bits per heavy atom. The number of nitrogens with zero attached hydrogens (tertiary/aromatic N) is 1. The van der Waals surface area contributed by atoms with Gasteiger partial charge in [-0.05, 0) is 24.5 Å². The summed E-state index contributed by atoms with van der Waals surface area (Å²) in [6, 6.07) is 9.53. The topological polar surface area (TPSA) is 40.9 Å². The maximum absolute atomic E-state index is 11.6. The Bertz CT molecular complexity index is 409. The summed E-state index contributed by atoms with van der Waals surface area (Å²) >= 11 is 3.39. The standard InChI is InChI=1S/C13H14BrNO/c1-2-5-13(16)12(14)8-10-6-3-4-7-11(10)9-15/h3-4,6-7,12H,2,5,8H2,1H3. The van der Waals surface area contributed by atoms with Crippen molar-refractivity contribution in [3.8, 4) is 6.07 Å². The highest BCUT2D eigenvalue weighted by Gasteiger charge is 2.15. The van der Waals surface area contributed by atoms with Gasteiger partial charge in [0.05, 0.1) is 16.5 Å². The fourth-order valence-electron chi connectivity index (χ4n) is 1.52. The van der Waals surface area contributed by atoms with E-state index in [1.165, 1.54) is 0 Å². The molecule has 1 aromatic carbocycles. The molecular weight excluding hydrogens is 266 g/mol. The van der Waals surface area contributed by atoms with Gasteiger partial charge in [-0.15, -0.1) is 0 Å². The van der Waals surface area contributed by atoms with Crippen LogP contribution in [0.1, 0.15) is 30.9 Å². The van der Waals surface area contributed by atoms with Crippen molar-refractivity contribution in [2.24, 2.45) is 0 Å². The van der Waals surface area contributed by atoms with Crippen LogP contribution in [-0.4, -0.2) is 10.6 Å². The van der Waals surface area contributed by atoms with Gasteiger partial charge in [-0.2, -0.15) is 5.26 Å². The van der Waals surface area contributed by atoms with Gasteiger partial charge in [0.2, 0.25) is 0 Å². The molecule has 2 nitrogen and oxygen atoms in total. The molecule has 0 spiro atoms. The van der Waals surface area contributed by atoms with Crippen LogP contribution < -0.4 is 0 Å². The zero-order valence-corrected chi connectivity index (χ0v) is 10.8. The Morgan fingerprint density at radius 2 is 2.19 bits per heavy atom. The summed E-state index contributed by atoms with van der Waals surface area (Å²) in [4.78, 5) is 11.4. The Kier molecular flexibility index (Phi) is 5.21. The van der Waals surface area contributed by atoms with Crippen LogP contribution >= 0.6 is 15.9 Å². The smallest absolute Gasteiger partial charge is 0.146 e. The lowest BCUT2D eigenvalue weighted by molar-refractivity contribution is -0.118. The number of ketones is 1. The lowest BCUT2D eigenvalue weighted by Crippen LogP contribution is -2.16. The number of hydrogen-bond donors (Lipinski definition) is 0. The molecule has 0 N–H and O–H groups in total. The number of rotatable bonds is 5.